The van der Waals surface area contributed by atoms with Crippen molar-refractivity contribution in [1.82, 2.24) is 0 Å². The minimum atomic E-state index is -0.363. The number of rotatable bonds is 5. The molecule has 0 N–H and O–H groups in total. The molecule has 0 amide bonds. The van der Waals surface area contributed by atoms with Crippen LogP contribution < -0.4 is 0 Å². The zero-order valence-electron chi connectivity index (χ0n) is 5.75. The van der Waals surface area contributed by atoms with Gasteiger partial charge < -0.3 is 9.47 Å². The van der Waals surface area contributed by atoms with E-state index >= 15 is 0 Å². The Morgan fingerprint density at radius 1 is 1.60 bits per heavy atom. The van der Waals surface area contributed by atoms with Crippen LogP contribution in [0.1, 0.15) is 19.8 Å². The molecule has 0 aromatic heterocycles. The molecule has 57 valence electrons. The topological polar surface area (TPSA) is 52.6 Å². The van der Waals surface area contributed by atoms with Crippen molar-refractivity contribution in [3.05, 3.63) is 0 Å². The number of hydrogen-bond donors (Lipinski definition) is 0. The quantitative estimate of drug-likeness (QED) is 0.318. The summed E-state index contributed by atoms with van der Waals surface area (Å²) in [4.78, 5) is 19.9. The molecule has 0 fully saturated rings. The Morgan fingerprint density at radius 2 is 2.30 bits per heavy atom. The predicted molar refractivity (Wildman–Crippen MR) is 32.6 cm³/mol. The largest absolute Gasteiger partial charge is 0.428 e. The third-order valence-corrected chi connectivity index (χ3v) is 0.792. The van der Waals surface area contributed by atoms with E-state index < -0.39 is 0 Å². The molecule has 0 unspecified atom stereocenters. The Hall–Kier alpha value is -1.06. The smallest absolute Gasteiger partial charge is 0.420 e. The van der Waals surface area contributed by atoms with E-state index in [1.165, 1.54) is 0 Å². The Morgan fingerprint density at radius 3 is 2.80 bits per heavy atom. The molecule has 0 saturated heterocycles. The minimum Gasteiger partial charge on any atom is -0.428 e. The summed E-state index contributed by atoms with van der Waals surface area (Å²) in [6.07, 6.45) is 1.08. The van der Waals surface area contributed by atoms with Crippen molar-refractivity contribution in [3.63, 3.8) is 0 Å². The lowest BCUT2D eigenvalue weighted by Gasteiger charge is -1.99. The first-order chi connectivity index (χ1) is 4.81. The molecule has 10 heavy (non-hydrogen) atoms. The first-order valence-electron chi connectivity index (χ1n) is 2.95. The summed E-state index contributed by atoms with van der Waals surface area (Å²) in [6, 6.07) is 0. The molecule has 0 heterocycles. The third-order valence-electron chi connectivity index (χ3n) is 0.792. The maximum atomic E-state index is 10.5. The monoisotopic (exact) mass is 145 g/mol. The van der Waals surface area contributed by atoms with Gasteiger partial charge in [0.1, 0.15) is 0 Å². The molecule has 4 nitrogen and oxygen atoms in total. The highest BCUT2D eigenvalue weighted by molar-refractivity contribution is 5.69. The van der Waals surface area contributed by atoms with Gasteiger partial charge in [0.2, 0.25) is 6.79 Å². The third kappa shape index (κ3) is 5.08. The van der Waals surface area contributed by atoms with Crippen molar-refractivity contribution in [1.29, 1.82) is 0 Å². The van der Waals surface area contributed by atoms with Gasteiger partial charge in [0.15, 0.2) is 0 Å². The zero-order valence-corrected chi connectivity index (χ0v) is 5.75. The Bertz CT molecular complexity index is 110. The number of hydrogen-bond acceptors (Lipinski definition) is 4. The lowest BCUT2D eigenvalue weighted by Crippen LogP contribution is -2.06. The minimum absolute atomic E-state index is 0.331. The lowest BCUT2D eigenvalue weighted by molar-refractivity contribution is -0.150. The van der Waals surface area contributed by atoms with Gasteiger partial charge in [-0.05, 0) is 6.42 Å². The van der Waals surface area contributed by atoms with Crippen LogP contribution in [-0.4, -0.2) is 19.2 Å². The van der Waals surface area contributed by atoms with E-state index in [9.17, 15) is 9.59 Å². The molecule has 0 saturated carbocycles. The summed E-state index contributed by atoms with van der Waals surface area (Å²) >= 11 is 0. The summed E-state index contributed by atoms with van der Waals surface area (Å²) < 4.78 is 8.40. The average molecular weight is 145 g/mol. The van der Waals surface area contributed by atoms with Crippen molar-refractivity contribution in [2.24, 2.45) is 0 Å². The fourth-order valence-electron chi connectivity index (χ4n) is 0.396. The summed E-state index contributed by atoms with van der Waals surface area (Å²) in [5.41, 5.74) is 0. The number of carbonyl (C=O) groups is 1. The number of carbonyl (C=O) groups excluding carboxylic acids is 2. The summed E-state index contributed by atoms with van der Waals surface area (Å²) in [5.74, 6) is -0.363. The van der Waals surface area contributed by atoms with Gasteiger partial charge in [-0.2, -0.15) is 0 Å². The molecular formula is C6H9O4. The van der Waals surface area contributed by atoms with Crippen molar-refractivity contribution in [3.8, 4) is 0 Å². The van der Waals surface area contributed by atoms with Crippen LogP contribution in [0.4, 0.5) is 0 Å². The molecular weight excluding hydrogens is 136 g/mol. The molecule has 1 radical (unpaired) electrons. The molecule has 0 rings (SSSR count). The maximum absolute atomic E-state index is 10.5. The van der Waals surface area contributed by atoms with Gasteiger partial charge in [0.25, 0.3) is 0 Å². The molecule has 0 bridgehead atoms. The molecule has 0 aliphatic heterocycles. The number of ether oxygens (including phenoxy) is 2. The molecule has 0 aliphatic carbocycles. The van der Waals surface area contributed by atoms with Gasteiger partial charge >= 0.3 is 12.4 Å². The normalized spacial score (nSPS) is 8.50. The number of esters is 1. The van der Waals surface area contributed by atoms with Crippen LogP contribution in [-0.2, 0) is 19.1 Å². The molecule has 0 aromatic carbocycles. The van der Waals surface area contributed by atoms with Crippen LogP contribution in [0.5, 0.6) is 0 Å². The van der Waals surface area contributed by atoms with Crippen LogP contribution in [0.25, 0.3) is 0 Å². The van der Waals surface area contributed by atoms with Crippen LogP contribution >= 0.6 is 0 Å². The Labute approximate surface area is 59.1 Å². The van der Waals surface area contributed by atoms with Gasteiger partial charge in [-0.15, -0.1) is 0 Å². The van der Waals surface area contributed by atoms with Crippen LogP contribution in [0, 0.1) is 0 Å². The molecule has 0 aliphatic rings. The first kappa shape index (κ1) is 8.94. The van der Waals surface area contributed by atoms with E-state index in [-0.39, 0.29) is 12.8 Å². The van der Waals surface area contributed by atoms with Crippen LogP contribution in [0.2, 0.25) is 0 Å². The summed E-state index contributed by atoms with van der Waals surface area (Å²) in [5, 5.41) is 0. The average Bonchev–Trinajstić information content (AvgIpc) is 1.89. The van der Waals surface area contributed by atoms with E-state index in [2.05, 4.69) is 9.47 Å². The second-order valence-corrected chi connectivity index (χ2v) is 1.61. The van der Waals surface area contributed by atoms with Gasteiger partial charge in [-0.25, -0.2) is 4.79 Å². The fraction of sp³-hybridized carbons (Fsp3) is 0.667. The highest BCUT2D eigenvalue weighted by Crippen LogP contribution is 1.89. The molecule has 0 atom stereocenters. The van der Waals surface area contributed by atoms with E-state index in [1.807, 2.05) is 6.92 Å². The van der Waals surface area contributed by atoms with Crippen molar-refractivity contribution in [2.45, 2.75) is 19.8 Å². The maximum Gasteiger partial charge on any atom is 0.420 e. The zero-order chi connectivity index (χ0) is 7.82. The predicted octanol–water partition coefficient (Wildman–Crippen LogP) is 0.371. The molecule has 0 spiro atoms. The lowest BCUT2D eigenvalue weighted by atomic mass is 10.3. The summed E-state index contributed by atoms with van der Waals surface area (Å²) in [6.45, 7) is 2.66. The summed E-state index contributed by atoms with van der Waals surface area (Å²) in [7, 11) is 0. The SMILES string of the molecule is CCCC(=O)OCO[C]=O. The van der Waals surface area contributed by atoms with Gasteiger partial charge in [0.05, 0.1) is 0 Å². The van der Waals surface area contributed by atoms with Crippen molar-refractivity contribution < 1.29 is 19.1 Å². The van der Waals surface area contributed by atoms with Gasteiger partial charge in [-0.3, -0.25) is 4.79 Å². The highest BCUT2D eigenvalue weighted by atomic mass is 16.7. The van der Waals surface area contributed by atoms with Crippen LogP contribution in [0.3, 0.4) is 0 Å². The molecule has 0 aromatic rings. The van der Waals surface area contributed by atoms with Gasteiger partial charge in [0, 0.05) is 6.42 Å². The first-order valence-corrected chi connectivity index (χ1v) is 2.95. The van der Waals surface area contributed by atoms with Crippen LogP contribution in [0.15, 0.2) is 0 Å². The second-order valence-electron chi connectivity index (χ2n) is 1.61. The van der Waals surface area contributed by atoms with Crippen molar-refractivity contribution >= 4 is 12.4 Å². The van der Waals surface area contributed by atoms with Crippen molar-refractivity contribution in [2.75, 3.05) is 6.79 Å². The molecule has 4 heteroatoms. The second kappa shape index (κ2) is 6.07. The fourth-order valence-corrected chi connectivity index (χ4v) is 0.396. The van der Waals surface area contributed by atoms with E-state index in [0.717, 1.165) is 12.9 Å². The Kier molecular flexibility index (Phi) is 5.42. The van der Waals surface area contributed by atoms with E-state index in [1.54, 1.807) is 0 Å². The van der Waals surface area contributed by atoms with E-state index in [0.29, 0.717) is 6.42 Å². The standard InChI is InChI=1S/C6H9O4/c1-2-3-6(8)10-5-9-4-7/h2-3,5H2,1H3. The highest BCUT2D eigenvalue weighted by Gasteiger charge is 1.98. The van der Waals surface area contributed by atoms with Gasteiger partial charge in [-0.1, -0.05) is 6.92 Å². The Balaban J connectivity index is 3.13. The van der Waals surface area contributed by atoms with E-state index in [4.69, 9.17) is 0 Å².